The van der Waals surface area contributed by atoms with Crippen molar-refractivity contribution in [3.8, 4) is 17.0 Å². The molecule has 40 heavy (non-hydrogen) atoms. The number of amides is 1. The Bertz CT molecular complexity index is 1680. The number of nitrogens with zero attached hydrogens (tertiary/aromatic N) is 2. The van der Waals surface area contributed by atoms with E-state index < -0.39 is 22.0 Å². The number of anilines is 1. The fourth-order valence-corrected chi connectivity index (χ4v) is 8.30. The van der Waals surface area contributed by atoms with Crippen LogP contribution in [0.15, 0.2) is 59.5 Å². The van der Waals surface area contributed by atoms with Crippen LogP contribution in [0.3, 0.4) is 0 Å². The van der Waals surface area contributed by atoms with Gasteiger partial charge in [-0.1, -0.05) is 30.3 Å². The Labute approximate surface area is 239 Å². The average Bonchev–Trinajstić information content (AvgIpc) is 3.30. The molecule has 1 aromatic heterocycles. The molecule has 7 nitrogen and oxygen atoms in total. The van der Waals surface area contributed by atoms with E-state index in [0.717, 1.165) is 44.1 Å². The van der Waals surface area contributed by atoms with E-state index in [0.29, 0.717) is 16.3 Å². The predicted octanol–water partition coefficient (Wildman–Crippen LogP) is 6.12. The first-order chi connectivity index (χ1) is 19.0. The van der Waals surface area contributed by atoms with Gasteiger partial charge in [-0.3, -0.25) is 4.79 Å². The van der Waals surface area contributed by atoms with Gasteiger partial charge in [0.1, 0.15) is 11.8 Å². The van der Waals surface area contributed by atoms with Gasteiger partial charge >= 0.3 is 0 Å². The van der Waals surface area contributed by atoms with Crippen LogP contribution < -0.4 is 10.1 Å². The molecule has 0 fully saturated rings. The first kappa shape index (κ1) is 28.0. The second kappa shape index (κ2) is 10.8. The van der Waals surface area contributed by atoms with E-state index in [1.165, 1.54) is 15.6 Å². The van der Waals surface area contributed by atoms with Gasteiger partial charge in [0.25, 0.3) is 0 Å². The summed E-state index contributed by atoms with van der Waals surface area (Å²) in [7, 11) is -2.39. The highest BCUT2D eigenvalue weighted by Crippen LogP contribution is 2.36. The van der Waals surface area contributed by atoms with Crippen molar-refractivity contribution < 1.29 is 17.9 Å². The Kier molecular flexibility index (Phi) is 7.56. The molecule has 0 unspecified atom stereocenters. The van der Waals surface area contributed by atoms with Gasteiger partial charge in [-0.15, -0.1) is 11.3 Å². The number of methoxy groups -OCH3 is 1. The zero-order valence-corrected chi connectivity index (χ0v) is 25.2. The normalized spacial score (nSPS) is 15.5. The van der Waals surface area contributed by atoms with Crippen molar-refractivity contribution in [3.63, 3.8) is 0 Å². The quantitative estimate of drug-likeness (QED) is 0.300. The summed E-state index contributed by atoms with van der Waals surface area (Å²) in [5, 5.41) is 3.37. The Morgan fingerprint density at radius 2 is 1.60 bits per heavy atom. The first-order valence-electron chi connectivity index (χ1n) is 13.1. The third kappa shape index (κ3) is 5.05. The minimum atomic E-state index is -4.01. The lowest BCUT2D eigenvalue weighted by atomic mass is 9.95. The molecule has 0 aliphatic carbocycles. The standard InChI is InChI=1S/C31H33N3O4S2/c1-18-15-19(2)21(4)29(20(18)3)40(36,37)34-17-25-10-8-7-9-24(25)16-27(34)30(35)33-31-32-28(22(5)39-31)23-11-13-26(38-6)14-12-23/h7-15,27H,16-17H2,1-6H3,(H,32,33,35)/t27-/m0/s1. The molecule has 0 saturated carbocycles. The van der Waals surface area contributed by atoms with Crippen molar-refractivity contribution in [1.29, 1.82) is 0 Å². The van der Waals surface area contributed by atoms with Crippen LogP contribution >= 0.6 is 11.3 Å². The minimum absolute atomic E-state index is 0.121. The zero-order valence-electron chi connectivity index (χ0n) is 23.5. The van der Waals surface area contributed by atoms with Gasteiger partial charge < -0.3 is 10.1 Å². The average molecular weight is 576 g/mol. The van der Waals surface area contributed by atoms with Gasteiger partial charge in [0.15, 0.2) is 5.13 Å². The summed E-state index contributed by atoms with van der Waals surface area (Å²) in [6.45, 7) is 9.58. The summed E-state index contributed by atoms with van der Waals surface area (Å²) >= 11 is 1.37. The van der Waals surface area contributed by atoms with Crippen LogP contribution in [-0.2, 0) is 27.8 Å². The predicted molar refractivity (Wildman–Crippen MR) is 160 cm³/mol. The maximum Gasteiger partial charge on any atom is 0.244 e. The highest BCUT2D eigenvalue weighted by molar-refractivity contribution is 7.89. The Balaban J connectivity index is 1.51. The number of hydrogen-bond acceptors (Lipinski definition) is 6. The lowest BCUT2D eigenvalue weighted by Crippen LogP contribution is -2.50. The maximum atomic E-state index is 14.3. The van der Waals surface area contributed by atoms with E-state index in [-0.39, 0.29) is 17.9 Å². The monoisotopic (exact) mass is 575 g/mol. The molecule has 3 aromatic carbocycles. The molecular weight excluding hydrogens is 542 g/mol. The van der Waals surface area contributed by atoms with Crippen molar-refractivity contribution in [2.24, 2.45) is 0 Å². The number of carbonyl (C=O) groups is 1. The molecule has 0 spiro atoms. The molecule has 9 heteroatoms. The van der Waals surface area contributed by atoms with Crippen LogP contribution in [0.1, 0.15) is 38.3 Å². The van der Waals surface area contributed by atoms with Gasteiger partial charge in [-0.05, 0) is 98.7 Å². The molecule has 1 amide bonds. The number of ether oxygens (including phenoxy) is 1. The molecule has 208 valence electrons. The molecule has 1 atom stereocenters. The second-order valence-electron chi connectivity index (χ2n) is 10.3. The highest BCUT2D eigenvalue weighted by Gasteiger charge is 2.41. The van der Waals surface area contributed by atoms with Crippen molar-refractivity contribution in [1.82, 2.24) is 9.29 Å². The largest absolute Gasteiger partial charge is 0.497 e. The number of rotatable bonds is 6. The van der Waals surface area contributed by atoms with E-state index in [9.17, 15) is 13.2 Å². The van der Waals surface area contributed by atoms with Gasteiger partial charge in [-0.2, -0.15) is 4.31 Å². The van der Waals surface area contributed by atoms with Crippen molar-refractivity contribution in [3.05, 3.63) is 92.9 Å². The molecule has 0 radical (unpaired) electrons. The summed E-state index contributed by atoms with van der Waals surface area (Å²) in [6, 6.07) is 16.4. The summed E-state index contributed by atoms with van der Waals surface area (Å²) in [6.07, 6.45) is 0.278. The minimum Gasteiger partial charge on any atom is -0.497 e. The maximum absolute atomic E-state index is 14.3. The van der Waals surface area contributed by atoms with Crippen LogP contribution in [0.4, 0.5) is 5.13 Å². The lowest BCUT2D eigenvalue weighted by molar-refractivity contribution is -0.120. The summed E-state index contributed by atoms with van der Waals surface area (Å²) in [5.41, 5.74) is 6.78. The zero-order chi connectivity index (χ0) is 28.8. The fourth-order valence-electron chi connectivity index (χ4n) is 5.32. The number of aromatic nitrogens is 1. The summed E-state index contributed by atoms with van der Waals surface area (Å²) in [4.78, 5) is 19.8. The topological polar surface area (TPSA) is 88.6 Å². The van der Waals surface area contributed by atoms with E-state index >= 15 is 0 Å². The van der Waals surface area contributed by atoms with Crippen LogP contribution in [0.25, 0.3) is 11.3 Å². The smallest absolute Gasteiger partial charge is 0.244 e. The molecule has 0 saturated heterocycles. The summed E-state index contributed by atoms with van der Waals surface area (Å²) < 4.78 is 35.3. The number of fused-ring (bicyclic) bond motifs is 1. The lowest BCUT2D eigenvalue weighted by Gasteiger charge is -2.35. The molecule has 1 N–H and O–H groups in total. The number of hydrogen-bond donors (Lipinski definition) is 1. The van der Waals surface area contributed by atoms with Gasteiger partial charge in [-0.25, -0.2) is 13.4 Å². The third-order valence-corrected chi connectivity index (χ3v) is 10.8. The molecule has 1 aliphatic rings. The van der Waals surface area contributed by atoms with E-state index in [1.807, 2.05) is 89.2 Å². The van der Waals surface area contributed by atoms with E-state index in [2.05, 4.69) is 10.3 Å². The molecule has 2 heterocycles. The van der Waals surface area contributed by atoms with Crippen molar-refractivity contribution in [2.45, 2.75) is 58.5 Å². The molecule has 4 aromatic rings. The number of thiazole rings is 1. The number of nitrogens with one attached hydrogen (secondary N) is 1. The van der Waals surface area contributed by atoms with Crippen molar-refractivity contribution >= 4 is 32.4 Å². The Hall–Kier alpha value is -3.53. The van der Waals surface area contributed by atoms with Crippen LogP contribution in [0, 0.1) is 34.6 Å². The van der Waals surface area contributed by atoms with Gasteiger partial charge in [0.05, 0.1) is 17.7 Å². The van der Waals surface area contributed by atoms with Gasteiger partial charge in [0.2, 0.25) is 15.9 Å². The Morgan fingerprint density at radius 3 is 2.23 bits per heavy atom. The highest BCUT2D eigenvalue weighted by atomic mass is 32.2. The number of sulfonamides is 1. The summed E-state index contributed by atoms with van der Waals surface area (Å²) in [5.74, 6) is 0.353. The van der Waals surface area contributed by atoms with Gasteiger partial charge in [0, 0.05) is 17.0 Å². The van der Waals surface area contributed by atoms with Crippen LogP contribution in [-0.4, -0.2) is 36.8 Å². The van der Waals surface area contributed by atoms with Crippen LogP contribution in [0.5, 0.6) is 5.75 Å². The van der Waals surface area contributed by atoms with E-state index in [4.69, 9.17) is 4.74 Å². The third-order valence-electron chi connectivity index (χ3n) is 7.76. The SMILES string of the molecule is COc1ccc(-c2nc(NC(=O)[C@@H]3Cc4ccccc4CN3S(=O)(=O)c3c(C)c(C)cc(C)c3C)sc2C)cc1. The number of benzene rings is 3. The van der Waals surface area contributed by atoms with Crippen LogP contribution in [0.2, 0.25) is 0 Å². The number of carbonyl (C=O) groups excluding carboxylic acids is 1. The molecule has 1 aliphatic heterocycles. The van der Waals surface area contributed by atoms with Crippen molar-refractivity contribution in [2.75, 3.05) is 12.4 Å². The number of aryl methyl sites for hydroxylation is 3. The first-order valence-corrected chi connectivity index (χ1v) is 15.4. The second-order valence-corrected chi connectivity index (χ2v) is 13.3. The molecular formula is C31H33N3O4S2. The molecule has 0 bridgehead atoms. The fraction of sp³-hybridized carbons (Fsp3) is 0.290. The van der Waals surface area contributed by atoms with E-state index in [1.54, 1.807) is 7.11 Å². The Morgan fingerprint density at radius 1 is 0.975 bits per heavy atom. The molecule has 5 rings (SSSR count).